The summed E-state index contributed by atoms with van der Waals surface area (Å²) in [4.78, 5) is 20.3. The molecule has 8 heteroatoms. The van der Waals surface area contributed by atoms with Crippen molar-refractivity contribution < 1.29 is 13.6 Å². The van der Waals surface area contributed by atoms with Crippen LogP contribution in [-0.4, -0.2) is 63.1 Å². The van der Waals surface area contributed by atoms with Gasteiger partial charge >= 0.3 is 0 Å². The predicted octanol–water partition coefficient (Wildman–Crippen LogP) is 1.82. The minimum absolute atomic E-state index is 0.0145. The summed E-state index contributed by atoms with van der Waals surface area (Å²) in [5.41, 5.74) is -0.284. The quantitative estimate of drug-likeness (QED) is 0.604. The zero-order valence-electron chi connectivity index (χ0n) is 16.5. The Labute approximate surface area is 159 Å². The Bertz CT molecular complexity index is 685. The maximum absolute atomic E-state index is 14.0. The van der Waals surface area contributed by atoms with Crippen molar-refractivity contribution in [3.05, 3.63) is 29.8 Å². The van der Waals surface area contributed by atoms with Gasteiger partial charge in [0.1, 0.15) is 11.6 Å². The first kappa shape index (κ1) is 20.9. The van der Waals surface area contributed by atoms with E-state index in [1.165, 1.54) is 6.07 Å². The molecule has 0 unspecified atom stereocenters. The smallest absolute Gasteiger partial charge is 0.227 e. The van der Waals surface area contributed by atoms with Gasteiger partial charge in [-0.25, -0.2) is 8.78 Å². The van der Waals surface area contributed by atoms with Gasteiger partial charge in [-0.05, 0) is 32.9 Å². The fraction of sp³-hybridized carbons (Fsp3) is 0.579. The second kappa shape index (κ2) is 9.01. The highest BCUT2D eigenvalue weighted by molar-refractivity contribution is 5.84. The number of anilines is 1. The van der Waals surface area contributed by atoms with Crippen molar-refractivity contribution in [2.45, 2.75) is 20.8 Å². The number of piperazine rings is 1. The van der Waals surface area contributed by atoms with Gasteiger partial charge in [0.05, 0.1) is 11.1 Å². The van der Waals surface area contributed by atoms with Crippen molar-refractivity contribution in [2.24, 2.45) is 10.4 Å². The molecular formula is C19H29F2N5O. The van der Waals surface area contributed by atoms with E-state index >= 15 is 0 Å². The molecule has 6 nitrogen and oxygen atoms in total. The molecule has 1 fully saturated rings. The van der Waals surface area contributed by atoms with Crippen LogP contribution in [0, 0.1) is 17.0 Å². The number of carbonyl (C=O) groups is 1. The van der Waals surface area contributed by atoms with E-state index in [1.807, 2.05) is 25.7 Å². The maximum Gasteiger partial charge on any atom is 0.227 e. The first-order chi connectivity index (χ1) is 12.8. The van der Waals surface area contributed by atoms with Crippen molar-refractivity contribution in [1.29, 1.82) is 0 Å². The lowest BCUT2D eigenvalue weighted by atomic mass is 9.92. The minimum Gasteiger partial charge on any atom is -0.366 e. The maximum atomic E-state index is 14.0. The topological polar surface area (TPSA) is 60.0 Å². The zero-order valence-corrected chi connectivity index (χ0v) is 16.5. The molecule has 150 valence electrons. The Morgan fingerprint density at radius 2 is 1.85 bits per heavy atom. The molecule has 1 saturated heterocycles. The number of rotatable bonds is 5. The van der Waals surface area contributed by atoms with E-state index in [4.69, 9.17) is 0 Å². The normalized spacial score (nSPS) is 15.7. The van der Waals surface area contributed by atoms with Gasteiger partial charge in [0.15, 0.2) is 5.96 Å². The van der Waals surface area contributed by atoms with Crippen LogP contribution in [0.15, 0.2) is 23.2 Å². The standard InChI is InChI=1S/C19H29F2N5O/c1-5-23-17(27)19(2,3)13-24-18(22-4)26-10-8-25(9-11-26)16-12-14(20)6-7-15(16)21/h6-7,12H,5,8-11,13H2,1-4H3,(H,22,24)(H,23,27). The van der Waals surface area contributed by atoms with E-state index in [0.717, 1.165) is 12.1 Å². The van der Waals surface area contributed by atoms with Gasteiger partial charge in [-0.3, -0.25) is 9.79 Å². The van der Waals surface area contributed by atoms with Crippen LogP contribution in [0.3, 0.4) is 0 Å². The predicted molar refractivity (Wildman–Crippen MR) is 104 cm³/mol. The van der Waals surface area contributed by atoms with Gasteiger partial charge in [0.25, 0.3) is 0 Å². The molecule has 1 aromatic carbocycles. The second-order valence-electron chi connectivity index (χ2n) is 7.21. The molecule has 0 aliphatic carbocycles. The number of nitrogens with zero attached hydrogens (tertiary/aromatic N) is 3. The van der Waals surface area contributed by atoms with Gasteiger partial charge in [-0.15, -0.1) is 0 Å². The number of carbonyl (C=O) groups excluding carboxylic acids is 1. The Balaban J connectivity index is 1.93. The molecule has 1 aliphatic heterocycles. The Hall–Kier alpha value is -2.38. The number of aliphatic imine (C=N–C) groups is 1. The Kier molecular flexibility index (Phi) is 6.98. The van der Waals surface area contributed by atoms with E-state index in [-0.39, 0.29) is 11.6 Å². The first-order valence-corrected chi connectivity index (χ1v) is 9.22. The third-order valence-electron chi connectivity index (χ3n) is 4.68. The summed E-state index contributed by atoms with van der Waals surface area (Å²) in [6.07, 6.45) is 0. The highest BCUT2D eigenvalue weighted by Gasteiger charge is 2.28. The van der Waals surface area contributed by atoms with Crippen LogP contribution in [0.2, 0.25) is 0 Å². The summed E-state index contributed by atoms with van der Waals surface area (Å²) in [6, 6.07) is 3.51. The number of guanidine groups is 1. The molecule has 0 radical (unpaired) electrons. The Morgan fingerprint density at radius 1 is 1.19 bits per heavy atom. The molecular weight excluding hydrogens is 352 g/mol. The van der Waals surface area contributed by atoms with Crippen LogP contribution >= 0.6 is 0 Å². The van der Waals surface area contributed by atoms with Crippen LogP contribution < -0.4 is 15.5 Å². The number of halogens is 2. The number of nitrogens with one attached hydrogen (secondary N) is 2. The molecule has 1 aliphatic rings. The SMILES string of the molecule is CCNC(=O)C(C)(C)CNC(=NC)N1CCN(c2cc(F)ccc2F)CC1. The Morgan fingerprint density at radius 3 is 2.44 bits per heavy atom. The molecule has 2 rings (SSSR count). The molecule has 2 N–H and O–H groups in total. The highest BCUT2D eigenvalue weighted by Crippen LogP contribution is 2.22. The summed E-state index contributed by atoms with van der Waals surface area (Å²) in [7, 11) is 1.69. The molecule has 0 bridgehead atoms. The summed E-state index contributed by atoms with van der Waals surface area (Å²) >= 11 is 0. The summed E-state index contributed by atoms with van der Waals surface area (Å²) < 4.78 is 27.4. The molecule has 0 atom stereocenters. The lowest BCUT2D eigenvalue weighted by Gasteiger charge is -2.38. The van der Waals surface area contributed by atoms with Gasteiger partial charge in [0.2, 0.25) is 5.91 Å². The van der Waals surface area contributed by atoms with Gasteiger partial charge in [-0.2, -0.15) is 0 Å². The van der Waals surface area contributed by atoms with Crippen LogP contribution in [-0.2, 0) is 4.79 Å². The van der Waals surface area contributed by atoms with Crippen molar-refractivity contribution in [2.75, 3.05) is 51.2 Å². The average molecular weight is 381 g/mol. The molecule has 27 heavy (non-hydrogen) atoms. The van der Waals surface area contributed by atoms with Crippen molar-refractivity contribution >= 4 is 17.6 Å². The monoisotopic (exact) mass is 381 g/mol. The summed E-state index contributed by atoms with van der Waals surface area (Å²) in [5.74, 6) is -0.180. The van der Waals surface area contributed by atoms with E-state index in [2.05, 4.69) is 20.5 Å². The van der Waals surface area contributed by atoms with Crippen molar-refractivity contribution in [1.82, 2.24) is 15.5 Å². The third-order valence-corrected chi connectivity index (χ3v) is 4.68. The largest absolute Gasteiger partial charge is 0.366 e. The number of amides is 1. The molecule has 0 saturated carbocycles. The summed E-state index contributed by atoms with van der Waals surface area (Å²) in [6.45, 7) is 9.04. The third kappa shape index (κ3) is 5.30. The minimum atomic E-state index is -0.571. The highest BCUT2D eigenvalue weighted by atomic mass is 19.1. The van der Waals surface area contributed by atoms with E-state index in [1.54, 1.807) is 7.05 Å². The van der Waals surface area contributed by atoms with Crippen LogP contribution in [0.1, 0.15) is 20.8 Å². The van der Waals surface area contributed by atoms with Crippen LogP contribution in [0.25, 0.3) is 0 Å². The lowest BCUT2D eigenvalue weighted by molar-refractivity contribution is -0.128. The van der Waals surface area contributed by atoms with Crippen molar-refractivity contribution in [3.8, 4) is 0 Å². The molecule has 1 amide bonds. The molecule has 0 aromatic heterocycles. The van der Waals surface area contributed by atoms with E-state index in [0.29, 0.717) is 45.2 Å². The molecule has 1 aromatic rings. The summed E-state index contributed by atoms with van der Waals surface area (Å²) in [5, 5.41) is 6.09. The fourth-order valence-corrected chi connectivity index (χ4v) is 3.00. The number of benzene rings is 1. The average Bonchev–Trinajstić information content (AvgIpc) is 2.65. The van der Waals surface area contributed by atoms with Crippen LogP contribution in [0.4, 0.5) is 14.5 Å². The van der Waals surface area contributed by atoms with Gasteiger partial charge in [-0.1, -0.05) is 0 Å². The van der Waals surface area contributed by atoms with Gasteiger partial charge < -0.3 is 20.4 Å². The van der Waals surface area contributed by atoms with Gasteiger partial charge in [0, 0.05) is 52.4 Å². The van der Waals surface area contributed by atoms with Crippen molar-refractivity contribution in [3.63, 3.8) is 0 Å². The fourth-order valence-electron chi connectivity index (χ4n) is 3.00. The molecule has 0 spiro atoms. The zero-order chi connectivity index (χ0) is 20.0. The molecule has 1 heterocycles. The van der Waals surface area contributed by atoms with E-state index < -0.39 is 17.0 Å². The second-order valence-corrected chi connectivity index (χ2v) is 7.21. The van der Waals surface area contributed by atoms with Crippen LogP contribution in [0.5, 0.6) is 0 Å². The van der Waals surface area contributed by atoms with E-state index in [9.17, 15) is 13.6 Å². The lowest BCUT2D eigenvalue weighted by Crippen LogP contribution is -2.54. The number of hydrogen-bond donors (Lipinski definition) is 2. The number of hydrogen-bond acceptors (Lipinski definition) is 3. The first-order valence-electron chi connectivity index (χ1n) is 9.22.